The van der Waals surface area contributed by atoms with Crippen LogP contribution < -0.4 is 5.32 Å². The van der Waals surface area contributed by atoms with E-state index >= 15 is 0 Å². The molecular weight excluding hydrogens is 393 g/mol. The quantitative estimate of drug-likeness (QED) is 0.778. The predicted octanol–water partition coefficient (Wildman–Crippen LogP) is 3.55. The first-order valence-corrected chi connectivity index (χ1v) is 10.7. The highest BCUT2D eigenvalue weighted by molar-refractivity contribution is 6.31. The van der Waals surface area contributed by atoms with Gasteiger partial charge in [0.2, 0.25) is 5.91 Å². The lowest BCUT2D eigenvalue weighted by Crippen LogP contribution is -2.48. The van der Waals surface area contributed by atoms with E-state index in [-0.39, 0.29) is 11.7 Å². The second-order valence-corrected chi connectivity index (χ2v) is 8.34. The van der Waals surface area contributed by atoms with E-state index in [1.165, 1.54) is 25.0 Å². The van der Waals surface area contributed by atoms with E-state index in [2.05, 4.69) is 20.2 Å². The molecule has 0 bridgehead atoms. The van der Waals surface area contributed by atoms with Gasteiger partial charge in [0.1, 0.15) is 11.6 Å². The van der Waals surface area contributed by atoms with E-state index < -0.39 is 0 Å². The van der Waals surface area contributed by atoms with Crippen molar-refractivity contribution in [2.24, 2.45) is 0 Å². The summed E-state index contributed by atoms with van der Waals surface area (Å²) < 4.78 is 15.2. The van der Waals surface area contributed by atoms with Crippen LogP contribution in [0.2, 0.25) is 5.02 Å². The first kappa shape index (κ1) is 20.3. The molecule has 1 saturated heterocycles. The molecule has 156 valence electrons. The second-order valence-electron chi connectivity index (χ2n) is 7.94. The Kier molecular flexibility index (Phi) is 6.47. The highest BCUT2D eigenvalue weighted by Crippen LogP contribution is 2.31. The second kappa shape index (κ2) is 9.24. The van der Waals surface area contributed by atoms with Gasteiger partial charge >= 0.3 is 0 Å². The summed E-state index contributed by atoms with van der Waals surface area (Å²) in [6, 6.07) is 6.82. The Balaban J connectivity index is 1.24. The summed E-state index contributed by atoms with van der Waals surface area (Å²) in [4.78, 5) is 17.0. The zero-order valence-electron chi connectivity index (χ0n) is 16.5. The average Bonchev–Trinajstić information content (AvgIpc) is 3.37. The first-order valence-electron chi connectivity index (χ1n) is 10.3. The minimum absolute atomic E-state index is 0.000207. The fraction of sp³-hybridized carbons (Fsp3) is 0.524. The molecule has 4 rings (SSSR count). The number of hydrogen-bond acceptors (Lipinski definition) is 4. The molecule has 2 heterocycles. The van der Waals surface area contributed by atoms with Crippen molar-refractivity contribution >= 4 is 23.3 Å². The van der Waals surface area contributed by atoms with E-state index in [0.717, 1.165) is 50.4 Å². The summed E-state index contributed by atoms with van der Waals surface area (Å²) >= 11 is 6.14. The highest BCUT2D eigenvalue weighted by Gasteiger charge is 2.23. The zero-order valence-corrected chi connectivity index (χ0v) is 17.2. The number of piperazine rings is 1. The number of halogens is 2. The Labute approximate surface area is 175 Å². The minimum atomic E-state index is -0.316. The molecule has 2 aromatic rings. The van der Waals surface area contributed by atoms with Gasteiger partial charge in [-0.15, -0.1) is 0 Å². The molecule has 0 radical (unpaired) electrons. The van der Waals surface area contributed by atoms with E-state index in [1.54, 1.807) is 12.3 Å². The van der Waals surface area contributed by atoms with Gasteiger partial charge in [-0.2, -0.15) is 5.10 Å². The lowest BCUT2D eigenvalue weighted by atomic mass is 10.2. The van der Waals surface area contributed by atoms with Gasteiger partial charge in [0.15, 0.2) is 0 Å². The standard InChI is InChI=1S/C21H27ClFN5O/c22-19-13-17(23)6-5-16(19)14-26-9-11-27(12-10-26)15-21(29)25-20-7-8-24-28(20)18-3-1-2-4-18/h5-8,13,18H,1-4,9-12,14-15H2,(H,25,29). The maximum absolute atomic E-state index is 13.2. The van der Waals surface area contributed by atoms with Crippen LogP contribution in [0.3, 0.4) is 0 Å². The van der Waals surface area contributed by atoms with Crippen molar-refractivity contribution < 1.29 is 9.18 Å². The van der Waals surface area contributed by atoms with Crippen molar-refractivity contribution in [2.75, 3.05) is 38.0 Å². The fourth-order valence-electron chi connectivity index (χ4n) is 4.23. The van der Waals surface area contributed by atoms with Gasteiger partial charge in [0.25, 0.3) is 0 Å². The number of anilines is 1. The number of benzene rings is 1. The largest absolute Gasteiger partial charge is 0.310 e. The van der Waals surface area contributed by atoms with E-state index in [1.807, 2.05) is 10.7 Å². The Bertz CT molecular complexity index is 843. The lowest BCUT2D eigenvalue weighted by molar-refractivity contribution is -0.117. The molecule has 1 saturated carbocycles. The average molecular weight is 420 g/mol. The molecule has 1 aromatic heterocycles. The molecule has 1 amide bonds. The van der Waals surface area contributed by atoms with Crippen molar-refractivity contribution in [3.63, 3.8) is 0 Å². The maximum atomic E-state index is 13.2. The number of rotatable bonds is 6. The summed E-state index contributed by atoms with van der Waals surface area (Å²) in [7, 11) is 0. The topological polar surface area (TPSA) is 53.4 Å². The number of amides is 1. The van der Waals surface area contributed by atoms with Gasteiger partial charge in [0.05, 0.1) is 18.8 Å². The van der Waals surface area contributed by atoms with Crippen molar-refractivity contribution in [1.29, 1.82) is 0 Å². The van der Waals surface area contributed by atoms with Crippen molar-refractivity contribution in [3.05, 3.63) is 46.9 Å². The van der Waals surface area contributed by atoms with Crippen LogP contribution in [0.15, 0.2) is 30.5 Å². The highest BCUT2D eigenvalue weighted by atomic mass is 35.5. The normalized spacial score (nSPS) is 19.0. The van der Waals surface area contributed by atoms with Crippen LogP contribution in [0.25, 0.3) is 0 Å². The number of hydrogen-bond donors (Lipinski definition) is 1. The van der Waals surface area contributed by atoms with Gasteiger partial charge in [0, 0.05) is 43.8 Å². The van der Waals surface area contributed by atoms with Crippen LogP contribution in [0.4, 0.5) is 10.2 Å². The number of carbonyl (C=O) groups is 1. The Morgan fingerprint density at radius 1 is 1.14 bits per heavy atom. The van der Waals surface area contributed by atoms with Crippen molar-refractivity contribution in [1.82, 2.24) is 19.6 Å². The summed E-state index contributed by atoms with van der Waals surface area (Å²) in [5.41, 5.74) is 0.930. The van der Waals surface area contributed by atoms with E-state index in [4.69, 9.17) is 11.6 Å². The third kappa shape index (κ3) is 5.15. The molecule has 6 nitrogen and oxygen atoms in total. The van der Waals surface area contributed by atoms with Gasteiger partial charge in [-0.3, -0.25) is 14.6 Å². The predicted molar refractivity (Wildman–Crippen MR) is 111 cm³/mol. The van der Waals surface area contributed by atoms with Crippen molar-refractivity contribution in [2.45, 2.75) is 38.3 Å². The van der Waals surface area contributed by atoms with E-state index in [0.29, 0.717) is 24.2 Å². The Morgan fingerprint density at radius 2 is 1.86 bits per heavy atom. The molecule has 2 aliphatic rings. The zero-order chi connectivity index (χ0) is 20.2. The third-order valence-electron chi connectivity index (χ3n) is 5.85. The minimum Gasteiger partial charge on any atom is -0.310 e. The molecule has 1 aliphatic carbocycles. The first-order chi connectivity index (χ1) is 14.1. The number of nitrogens with zero attached hydrogens (tertiary/aromatic N) is 4. The Hall–Kier alpha value is -1.96. The van der Waals surface area contributed by atoms with Crippen LogP contribution in [0, 0.1) is 5.82 Å². The smallest absolute Gasteiger partial charge is 0.239 e. The van der Waals surface area contributed by atoms with Gasteiger partial charge < -0.3 is 5.32 Å². The molecule has 2 fully saturated rings. The lowest BCUT2D eigenvalue weighted by Gasteiger charge is -2.34. The summed E-state index contributed by atoms with van der Waals surface area (Å²) in [5.74, 6) is 0.482. The monoisotopic (exact) mass is 419 g/mol. The van der Waals surface area contributed by atoms with Gasteiger partial charge in [-0.25, -0.2) is 9.07 Å². The number of nitrogens with one attached hydrogen (secondary N) is 1. The molecule has 1 aliphatic heterocycles. The molecular formula is C21H27ClFN5O. The summed E-state index contributed by atoms with van der Waals surface area (Å²) in [5, 5.41) is 7.90. The third-order valence-corrected chi connectivity index (χ3v) is 6.20. The molecule has 1 aromatic carbocycles. The van der Waals surface area contributed by atoms with Crippen LogP contribution in [-0.2, 0) is 11.3 Å². The van der Waals surface area contributed by atoms with Crippen LogP contribution in [-0.4, -0.2) is 58.2 Å². The molecule has 1 N–H and O–H groups in total. The van der Waals surface area contributed by atoms with Gasteiger partial charge in [-0.05, 0) is 30.5 Å². The number of aromatic nitrogens is 2. The van der Waals surface area contributed by atoms with Crippen LogP contribution in [0.5, 0.6) is 0 Å². The van der Waals surface area contributed by atoms with Gasteiger partial charge in [-0.1, -0.05) is 30.5 Å². The molecule has 0 unspecified atom stereocenters. The molecule has 0 spiro atoms. The van der Waals surface area contributed by atoms with Crippen LogP contribution >= 0.6 is 11.6 Å². The maximum Gasteiger partial charge on any atom is 0.239 e. The number of carbonyl (C=O) groups excluding carboxylic acids is 1. The van der Waals surface area contributed by atoms with E-state index in [9.17, 15) is 9.18 Å². The fourth-order valence-corrected chi connectivity index (χ4v) is 4.46. The molecule has 0 atom stereocenters. The van der Waals surface area contributed by atoms with Crippen LogP contribution in [0.1, 0.15) is 37.3 Å². The SMILES string of the molecule is O=C(CN1CCN(Cc2ccc(F)cc2Cl)CC1)Nc1ccnn1C1CCCC1. The van der Waals surface area contributed by atoms with Crippen molar-refractivity contribution in [3.8, 4) is 0 Å². The molecule has 29 heavy (non-hydrogen) atoms. The summed E-state index contributed by atoms with van der Waals surface area (Å²) in [6.07, 6.45) is 6.47. The molecule has 8 heteroatoms. The Morgan fingerprint density at radius 3 is 2.59 bits per heavy atom. The summed E-state index contributed by atoms with van der Waals surface area (Å²) in [6.45, 7) is 4.39.